The standard InChI is InChI=1S/C16H16ClN3O2/c1-3-10-7-13(16(21)19-9(10)2)18-8-14-20-12-6-4-5-11(17)15(12)22-14/h4-7,18H,3,8H2,1-2H3,(H,19,21). The van der Waals surface area contributed by atoms with Crippen LogP contribution in [-0.4, -0.2) is 9.97 Å². The van der Waals surface area contributed by atoms with Gasteiger partial charge in [0.05, 0.1) is 11.6 Å². The minimum absolute atomic E-state index is 0.149. The summed E-state index contributed by atoms with van der Waals surface area (Å²) in [6.07, 6.45) is 0.857. The largest absolute Gasteiger partial charge is 0.437 e. The average molecular weight is 318 g/mol. The summed E-state index contributed by atoms with van der Waals surface area (Å²) >= 11 is 6.06. The topological polar surface area (TPSA) is 70.9 Å². The molecule has 5 nitrogen and oxygen atoms in total. The summed E-state index contributed by atoms with van der Waals surface area (Å²) in [5, 5.41) is 3.59. The molecule has 0 spiro atoms. The Labute approximate surface area is 132 Å². The van der Waals surface area contributed by atoms with Crippen LogP contribution in [0.15, 0.2) is 33.5 Å². The van der Waals surface area contributed by atoms with Gasteiger partial charge in [0, 0.05) is 5.69 Å². The molecule has 1 aromatic carbocycles. The molecular formula is C16H16ClN3O2. The van der Waals surface area contributed by atoms with E-state index in [1.807, 2.05) is 32.0 Å². The molecule has 0 amide bonds. The first kappa shape index (κ1) is 14.7. The van der Waals surface area contributed by atoms with Gasteiger partial charge in [-0.05, 0) is 37.1 Å². The van der Waals surface area contributed by atoms with E-state index in [0.29, 0.717) is 34.2 Å². The SMILES string of the molecule is CCc1cc(NCc2nc3cccc(Cl)c3o2)c(=O)[nH]c1C. The van der Waals surface area contributed by atoms with Crippen LogP contribution < -0.4 is 10.9 Å². The number of anilines is 1. The van der Waals surface area contributed by atoms with Gasteiger partial charge in [-0.1, -0.05) is 24.6 Å². The monoisotopic (exact) mass is 317 g/mol. The molecule has 0 fully saturated rings. The molecule has 3 aromatic rings. The van der Waals surface area contributed by atoms with Crippen molar-refractivity contribution in [1.82, 2.24) is 9.97 Å². The number of nitrogens with zero attached hydrogens (tertiary/aromatic N) is 1. The van der Waals surface area contributed by atoms with E-state index >= 15 is 0 Å². The minimum atomic E-state index is -0.149. The molecule has 2 aromatic heterocycles. The van der Waals surface area contributed by atoms with E-state index in [1.54, 1.807) is 6.07 Å². The average Bonchev–Trinajstić information content (AvgIpc) is 2.91. The summed E-state index contributed by atoms with van der Waals surface area (Å²) in [5.41, 5.74) is 3.62. The summed E-state index contributed by atoms with van der Waals surface area (Å²) in [6, 6.07) is 7.28. The minimum Gasteiger partial charge on any atom is -0.437 e. The van der Waals surface area contributed by atoms with Crippen LogP contribution in [0, 0.1) is 6.92 Å². The molecule has 0 aliphatic carbocycles. The Hall–Kier alpha value is -2.27. The number of aromatic amines is 1. The molecule has 0 saturated heterocycles. The first-order valence-corrected chi connectivity index (χ1v) is 7.47. The quantitative estimate of drug-likeness (QED) is 0.770. The van der Waals surface area contributed by atoms with Gasteiger partial charge in [-0.15, -0.1) is 0 Å². The third kappa shape index (κ3) is 2.72. The maximum Gasteiger partial charge on any atom is 0.271 e. The summed E-state index contributed by atoms with van der Waals surface area (Å²) in [7, 11) is 0. The van der Waals surface area contributed by atoms with Gasteiger partial charge in [0.25, 0.3) is 5.56 Å². The van der Waals surface area contributed by atoms with Gasteiger partial charge in [-0.3, -0.25) is 4.79 Å². The van der Waals surface area contributed by atoms with Crippen LogP contribution in [0.25, 0.3) is 11.1 Å². The normalized spacial score (nSPS) is 11.0. The lowest BCUT2D eigenvalue weighted by molar-refractivity contribution is 0.540. The van der Waals surface area contributed by atoms with Crippen LogP contribution >= 0.6 is 11.6 Å². The van der Waals surface area contributed by atoms with E-state index in [1.165, 1.54) is 0 Å². The number of para-hydroxylation sites is 1. The molecule has 0 unspecified atom stereocenters. The fourth-order valence-corrected chi connectivity index (χ4v) is 2.58. The summed E-state index contributed by atoms with van der Waals surface area (Å²) < 4.78 is 5.62. The van der Waals surface area contributed by atoms with Crippen molar-refractivity contribution in [2.45, 2.75) is 26.8 Å². The zero-order valence-corrected chi connectivity index (χ0v) is 13.1. The van der Waals surface area contributed by atoms with E-state index < -0.39 is 0 Å². The number of rotatable bonds is 4. The Kier molecular flexibility index (Phi) is 3.90. The molecule has 3 rings (SSSR count). The predicted molar refractivity (Wildman–Crippen MR) is 87.5 cm³/mol. The summed E-state index contributed by atoms with van der Waals surface area (Å²) in [5.74, 6) is 0.487. The van der Waals surface area contributed by atoms with Crippen LogP contribution in [0.4, 0.5) is 5.69 Å². The number of aromatic nitrogens is 2. The smallest absolute Gasteiger partial charge is 0.271 e. The molecule has 2 N–H and O–H groups in total. The second-order valence-electron chi connectivity index (χ2n) is 5.07. The van der Waals surface area contributed by atoms with Crippen LogP contribution in [-0.2, 0) is 13.0 Å². The van der Waals surface area contributed by atoms with E-state index in [2.05, 4.69) is 15.3 Å². The number of oxazole rings is 1. The molecule has 114 valence electrons. The maximum atomic E-state index is 12.0. The molecule has 2 heterocycles. The van der Waals surface area contributed by atoms with E-state index in [4.69, 9.17) is 16.0 Å². The number of H-pyrrole nitrogens is 1. The zero-order valence-electron chi connectivity index (χ0n) is 12.4. The molecular weight excluding hydrogens is 302 g/mol. The molecule has 0 atom stereocenters. The number of halogens is 1. The van der Waals surface area contributed by atoms with E-state index in [-0.39, 0.29) is 5.56 Å². The Balaban J connectivity index is 1.85. The van der Waals surface area contributed by atoms with Gasteiger partial charge in [0.2, 0.25) is 5.89 Å². The van der Waals surface area contributed by atoms with Gasteiger partial charge in [0.15, 0.2) is 5.58 Å². The lowest BCUT2D eigenvalue weighted by Gasteiger charge is -2.07. The highest BCUT2D eigenvalue weighted by atomic mass is 35.5. The number of aryl methyl sites for hydroxylation is 2. The van der Waals surface area contributed by atoms with E-state index in [9.17, 15) is 4.79 Å². The van der Waals surface area contributed by atoms with Crippen LogP contribution in [0.5, 0.6) is 0 Å². The molecule has 0 bridgehead atoms. The van der Waals surface area contributed by atoms with Gasteiger partial charge in [-0.25, -0.2) is 4.98 Å². The van der Waals surface area contributed by atoms with Crippen molar-refractivity contribution in [3.05, 3.63) is 56.8 Å². The highest BCUT2D eigenvalue weighted by Gasteiger charge is 2.10. The number of nitrogens with one attached hydrogen (secondary N) is 2. The number of pyridine rings is 1. The van der Waals surface area contributed by atoms with Crippen molar-refractivity contribution >= 4 is 28.4 Å². The van der Waals surface area contributed by atoms with Crippen molar-refractivity contribution < 1.29 is 4.42 Å². The second-order valence-corrected chi connectivity index (χ2v) is 5.47. The van der Waals surface area contributed by atoms with Crippen molar-refractivity contribution in [2.24, 2.45) is 0 Å². The van der Waals surface area contributed by atoms with Crippen LogP contribution in [0.2, 0.25) is 5.02 Å². The van der Waals surface area contributed by atoms with Gasteiger partial charge >= 0.3 is 0 Å². The third-order valence-corrected chi connectivity index (χ3v) is 3.87. The van der Waals surface area contributed by atoms with Crippen molar-refractivity contribution in [3.63, 3.8) is 0 Å². The fourth-order valence-electron chi connectivity index (χ4n) is 2.37. The Bertz CT molecular complexity index is 883. The predicted octanol–water partition coefficient (Wildman–Crippen LogP) is 3.65. The first-order valence-electron chi connectivity index (χ1n) is 7.09. The lowest BCUT2D eigenvalue weighted by Crippen LogP contribution is -2.16. The molecule has 6 heteroatoms. The van der Waals surface area contributed by atoms with E-state index in [0.717, 1.165) is 17.7 Å². The molecule has 0 radical (unpaired) electrons. The summed E-state index contributed by atoms with van der Waals surface area (Å²) in [6.45, 7) is 4.26. The van der Waals surface area contributed by atoms with Gasteiger partial charge in [-0.2, -0.15) is 0 Å². The van der Waals surface area contributed by atoms with Crippen molar-refractivity contribution in [1.29, 1.82) is 0 Å². The molecule has 0 aliphatic rings. The Morgan fingerprint density at radius 2 is 2.23 bits per heavy atom. The molecule has 0 saturated carbocycles. The molecule has 0 aliphatic heterocycles. The second kappa shape index (κ2) is 5.85. The first-order chi connectivity index (χ1) is 10.6. The van der Waals surface area contributed by atoms with Crippen molar-refractivity contribution in [2.75, 3.05) is 5.32 Å². The Morgan fingerprint density at radius 1 is 1.41 bits per heavy atom. The van der Waals surface area contributed by atoms with Crippen LogP contribution in [0.1, 0.15) is 24.1 Å². The number of hydrogen-bond donors (Lipinski definition) is 2. The number of benzene rings is 1. The highest BCUT2D eigenvalue weighted by molar-refractivity contribution is 6.34. The third-order valence-electron chi connectivity index (χ3n) is 3.57. The van der Waals surface area contributed by atoms with Gasteiger partial charge in [0.1, 0.15) is 11.2 Å². The van der Waals surface area contributed by atoms with Gasteiger partial charge < -0.3 is 14.7 Å². The lowest BCUT2D eigenvalue weighted by atomic mass is 10.1. The maximum absolute atomic E-state index is 12.0. The Morgan fingerprint density at radius 3 is 2.95 bits per heavy atom. The number of hydrogen-bond acceptors (Lipinski definition) is 4. The summed E-state index contributed by atoms with van der Waals surface area (Å²) in [4.78, 5) is 19.2. The highest BCUT2D eigenvalue weighted by Crippen LogP contribution is 2.24. The zero-order chi connectivity index (χ0) is 15.7. The molecule has 22 heavy (non-hydrogen) atoms. The van der Waals surface area contributed by atoms with Crippen molar-refractivity contribution in [3.8, 4) is 0 Å². The van der Waals surface area contributed by atoms with Crippen LogP contribution in [0.3, 0.4) is 0 Å². The number of fused-ring (bicyclic) bond motifs is 1. The fraction of sp³-hybridized carbons (Fsp3) is 0.250.